The minimum absolute atomic E-state index is 0.461. The maximum absolute atomic E-state index is 6.08. The Kier molecular flexibility index (Phi) is 8.07. The van der Waals surface area contributed by atoms with Crippen molar-refractivity contribution in [3.63, 3.8) is 0 Å². The number of benzene rings is 1. The molecule has 0 unspecified atom stereocenters. The molecule has 0 heterocycles. The average Bonchev–Trinajstić information content (AvgIpc) is 2.42. The highest BCUT2D eigenvalue weighted by Gasteiger charge is 2.12. The van der Waals surface area contributed by atoms with Gasteiger partial charge < -0.3 is 20.1 Å². The van der Waals surface area contributed by atoms with Crippen molar-refractivity contribution < 1.29 is 9.47 Å². The predicted octanol–water partition coefficient (Wildman–Crippen LogP) is 3.46. The highest BCUT2D eigenvalue weighted by atomic mass is 35.5. The van der Waals surface area contributed by atoms with Gasteiger partial charge in [0.25, 0.3) is 0 Å². The molecule has 0 saturated carbocycles. The highest BCUT2D eigenvalue weighted by Crippen LogP contribution is 2.33. The Morgan fingerprint density at radius 2 is 1.50 bits per heavy atom. The standard InChI is InChI=1S/C14H22Cl2N2O2/c1-3-19-7-5-18(6-8-20-4-2)14-10-12(16)11(15)9-13(14)17/h9-10H,3-8,17H2,1-2H3. The summed E-state index contributed by atoms with van der Waals surface area (Å²) < 4.78 is 10.8. The minimum atomic E-state index is 0.461. The van der Waals surface area contributed by atoms with Crippen LogP contribution in [0.3, 0.4) is 0 Å². The van der Waals surface area contributed by atoms with Gasteiger partial charge in [-0.15, -0.1) is 0 Å². The summed E-state index contributed by atoms with van der Waals surface area (Å²) >= 11 is 12.0. The van der Waals surface area contributed by atoms with E-state index >= 15 is 0 Å². The third kappa shape index (κ3) is 5.37. The summed E-state index contributed by atoms with van der Waals surface area (Å²) in [6.07, 6.45) is 0. The molecule has 114 valence electrons. The van der Waals surface area contributed by atoms with Crippen molar-refractivity contribution in [3.05, 3.63) is 22.2 Å². The van der Waals surface area contributed by atoms with E-state index in [1.54, 1.807) is 12.1 Å². The molecule has 20 heavy (non-hydrogen) atoms. The molecule has 0 bridgehead atoms. The van der Waals surface area contributed by atoms with Crippen LogP contribution in [0, 0.1) is 0 Å². The number of anilines is 2. The van der Waals surface area contributed by atoms with Gasteiger partial charge in [-0.3, -0.25) is 0 Å². The second-order valence-electron chi connectivity index (χ2n) is 4.21. The highest BCUT2D eigenvalue weighted by molar-refractivity contribution is 6.42. The summed E-state index contributed by atoms with van der Waals surface area (Å²) in [6.45, 7) is 8.03. The number of rotatable bonds is 9. The summed E-state index contributed by atoms with van der Waals surface area (Å²) in [5, 5.41) is 0.955. The lowest BCUT2D eigenvalue weighted by atomic mass is 10.2. The fourth-order valence-electron chi connectivity index (χ4n) is 1.82. The zero-order valence-electron chi connectivity index (χ0n) is 12.0. The number of nitrogens with zero attached hydrogens (tertiary/aromatic N) is 1. The normalized spacial score (nSPS) is 10.8. The van der Waals surface area contributed by atoms with Crippen LogP contribution < -0.4 is 10.6 Å². The lowest BCUT2D eigenvalue weighted by molar-refractivity contribution is 0.141. The quantitative estimate of drug-likeness (QED) is 0.559. The molecule has 0 aliphatic carbocycles. The number of halogens is 2. The molecule has 0 spiro atoms. The first-order chi connectivity index (χ1) is 9.60. The first kappa shape index (κ1) is 17.4. The zero-order chi connectivity index (χ0) is 15.0. The van der Waals surface area contributed by atoms with Gasteiger partial charge in [0.15, 0.2) is 0 Å². The van der Waals surface area contributed by atoms with E-state index in [2.05, 4.69) is 4.90 Å². The molecule has 1 aromatic carbocycles. The van der Waals surface area contributed by atoms with Crippen LogP contribution >= 0.6 is 23.2 Å². The van der Waals surface area contributed by atoms with Crippen LogP contribution in [0.2, 0.25) is 10.0 Å². The smallest absolute Gasteiger partial charge is 0.0641 e. The Balaban J connectivity index is 2.81. The molecule has 0 saturated heterocycles. The molecule has 2 N–H and O–H groups in total. The number of nitrogen functional groups attached to an aromatic ring is 1. The van der Waals surface area contributed by atoms with Crippen LogP contribution in [-0.4, -0.2) is 39.5 Å². The van der Waals surface area contributed by atoms with E-state index < -0.39 is 0 Å². The Hall–Kier alpha value is -0.680. The predicted molar refractivity (Wildman–Crippen MR) is 86.1 cm³/mol. The molecular weight excluding hydrogens is 299 g/mol. The van der Waals surface area contributed by atoms with Gasteiger partial charge in [0.1, 0.15) is 0 Å². The lowest BCUT2D eigenvalue weighted by Crippen LogP contribution is -2.31. The summed E-state index contributed by atoms with van der Waals surface area (Å²) in [7, 11) is 0. The second-order valence-corrected chi connectivity index (χ2v) is 5.02. The first-order valence-electron chi connectivity index (χ1n) is 6.75. The fourth-order valence-corrected chi connectivity index (χ4v) is 2.15. The minimum Gasteiger partial charge on any atom is -0.397 e. The molecule has 0 amide bonds. The van der Waals surface area contributed by atoms with E-state index in [9.17, 15) is 0 Å². The van der Waals surface area contributed by atoms with Crippen LogP contribution in [0.1, 0.15) is 13.8 Å². The Bertz CT molecular complexity index is 406. The van der Waals surface area contributed by atoms with Crippen molar-refractivity contribution in [3.8, 4) is 0 Å². The molecule has 0 aliphatic heterocycles. The monoisotopic (exact) mass is 320 g/mol. The van der Waals surface area contributed by atoms with Crippen molar-refractivity contribution in [2.75, 3.05) is 50.2 Å². The molecule has 0 aliphatic rings. The first-order valence-corrected chi connectivity index (χ1v) is 7.50. The van der Waals surface area contributed by atoms with Crippen molar-refractivity contribution >= 4 is 34.6 Å². The number of ether oxygens (including phenoxy) is 2. The summed E-state index contributed by atoms with van der Waals surface area (Å²) in [6, 6.07) is 3.46. The van der Waals surface area contributed by atoms with Crippen LogP contribution in [0.5, 0.6) is 0 Å². The van der Waals surface area contributed by atoms with Crippen molar-refractivity contribution in [1.82, 2.24) is 0 Å². The SMILES string of the molecule is CCOCCN(CCOCC)c1cc(Cl)c(Cl)cc1N. The molecule has 0 fully saturated rings. The van der Waals surface area contributed by atoms with Crippen molar-refractivity contribution in [2.24, 2.45) is 0 Å². The van der Waals surface area contributed by atoms with Crippen LogP contribution in [0.25, 0.3) is 0 Å². The molecule has 6 heteroatoms. The topological polar surface area (TPSA) is 47.7 Å². The summed E-state index contributed by atoms with van der Waals surface area (Å²) in [5.74, 6) is 0. The van der Waals surface area contributed by atoms with E-state index in [1.165, 1.54) is 0 Å². The molecule has 1 aromatic rings. The third-order valence-corrected chi connectivity index (χ3v) is 3.55. The van der Waals surface area contributed by atoms with Gasteiger partial charge in [-0.25, -0.2) is 0 Å². The Morgan fingerprint density at radius 1 is 1.00 bits per heavy atom. The van der Waals surface area contributed by atoms with Gasteiger partial charge in [-0.1, -0.05) is 23.2 Å². The van der Waals surface area contributed by atoms with Gasteiger partial charge in [-0.2, -0.15) is 0 Å². The molecule has 0 radical (unpaired) electrons. The number of hydrogen-bond donors (Lipinski definition) is 1. The van der Waals surface area contributed by atoms with E-state index in [-0.39, 0.29) is 0 Å². The number of hydrogen-bond acceptors (Lipinski definition) is 4. The Morgan fingerprint density at radius 3 is 2.00 bits per heavy atom. The maximum Gasteiger partial charge on any atom is 0.0641 e. The molecule has 0 atom stereocenters. The molecular formula is C14H22Cl2N2O2. The van der Waals surface area contributed by atoms with E-state index in [0.717, 1.165) is 18.8 Å². The van der Waals surface area contributed by atoms with E-state index in [1.807, 2.05) is 13.8 Å². The van der Waals surface area contributed by atoms with Crippen molar-refractivity contribution in [1.29, 1.82) is 0 Å². The van der Waals surface area contributed by atoms with Gasteiger partial charge in [0, 0.05) is 26.3 Å². The zero-order valence-corrected chi connectivity index (χ0v) is 13.5. The number of nitrogens with two attached hydrogens (primary N) is 1. The summed E-state index contributed by atoms with van der Waals surface area (Å²) in [5.41, 5.74) is 7.50. The molecule has 0 aromatic heterocycles. The third-order valence-electron chi connectivity index (χ3n) is 2.83. The van der Waals surface area contributed by atoms with E-state index in [4.69, 9.17) is 38.4 Å². The molecule has 1 rings (SSSR count). The average molecular weight is 321 g/mol. The maximum atomic E-state index is 6.08. The van der Waals surface area contributed by atoms with Gasteiger partial charge in [-0.05, 0) is 26.0 Å². The second kappa shape index (κ2) is 9.29. The van der Waals surface area contributed by atoms with Crippen molar-refractivity contribution in [2.45, 2.75) is 13.8 Å². The fraction of sp³-hybridized carbons (Fsp3) is 0.571. The summed E-state index contributed by atoms with van der Waals surface area (Å²) in [4.78, 5) is 2.10. The van der Waals surface area contributed by atoms with E-state index in [0.29, 0.717) is 42.2 Å². The van der Waals surface area contributed by atoms with Gasteiger partial charge in [0.05, 0.1) is 34.6 Å². The lowest BCUT2D eigenvalue weighted by Gasteiger charge is -2.26. The van der Waals surface area contributed by atoms with Crippen LogP contribution in [0.15, 0.2) is 12.1 Å². The van der Waals surface area contributed by atoms with Crippen LogP contribution in [-0.2, 0) is 9.47 Å². The van der Waals surface area contributed by atoms with Gasteiger partial charge >= 0.3 is 0 Å². The van der Waals surface area contributed by atoms with Gasteiger partial charge in [0.2, 0.25) is 0 Å². The largest absolute Gasteiger partial charge is 0.397 e. The molecule has 4 nitrogen and oxygen atoms in total. The Labute approximate surface area is 130 Å². The van der Waals surface area contributed by atoms with Crippen LogP contribution in [0.4, 0.5) is 11.4 Å².